The monoisotopic (exact) mass is 484 g/mol. The van der Waals surface area contributed by atoms with E-state index in [0.717, 1.165) is 23.1 Å². The molecule has 0 aliphatic heterocycles. The van der Waals surface area contributed by atoms with Crippen molar-refractivity contribution in [1.29, 1.82) is 0 Å². The summed E-state index contributed by atoms with van der Waals surface area (Å²) in [5.74, 6) is -0.0904. The van der Waals surface area contributed by atoms with Crippen LogP contribution in [0, 0.1) is 0 Å². The Hall–Kier alpha value is -4.66. The second kappa shape index (κ2) is 9.53. The Balaban J connectivity index is 1.60. The maximum absolute atomic E-state index is 11.7. The summed E-state index contributed by atoms with van der Waals surface area (Å²) in [6.45, 7) is 4.44. The normalized spacial score (nSPS) is 12.1. The molecule has 2 heterocycles. The molecule has 5 rings (SSSR count). The molecular formula is C27H24N4O5. The maximum Gasteiger partial charge on any atom is 0.460 e. The van der Waals surface area contributed by atoms with Crippen molar-refractivity contribution in [2.75, 3.05) is 6.61 Å². The second-order valence-electron chi connectivity index (χ2n) is 8.25. The molecule has 0 aliphatic rings. The lowest BCUT2D eigenvalue weighted by molar-refractivity contribution is 0.0699. The lowest BCUT2D eigenvalue weighted by atomic mass is 9.91. The summed E-state index contributed by atoms with van der Waals surface area (Å²) in [5.41, 5.74) is 4.67. The minimum atomic E-state index is -1.00. The summed E-state index contributed by atoms with van der Waals surface area (Å²) in [6, 6.07) is 18.6. The number of carboxylic acid groups (broad SMARTS) is 1. The van der Waals surface area contributed by atoms with Gasteiger partial charge in [0.05, 0.1) is 23.2 Å². The first-order valence-corrected chi connectivity index (χ1v) is 11.6. The largest absolute Gasteiger partial charge is 0.493 e. The van der Waals surface area contributed by atoms with Crippen molar-refractivity contribution in [1.82, 2.24) is 20.1 Å². The van der Waals surface area contributed by atoms with Crippen LogP contribution >= 0.6 is 0 Å². The molecule has 0 amide bonds. The third kappa shape index (κ3) is 4.15. The number of ether oxygens (including phenoxy) is 1. The van der Waals surface area contributed by atoms with Gasteiger partial charge in [-0.05, 0) is 42.7 Å². The van der Waals surface area contributed by atoms with Crippen LogP contribution in [0.1, 0.15) is 47.9 Å². The minimum absolute atomic E-state index is 0.102. The topological polar surface area (TPSA) is 134 Å². The summed E-state index contributed by atoms with van der Waals surface area (Å²) in [7, 11) is 0. The fourth-order valence-electron chi connectivity index (χ4n) is 4.50. The van der Waals surface area contributed by atoms with E-state index in [1.807, 2.05) is 49.4 Å². The molecule has 2 aromatic heterocycles. The molecule has 3 aromatic carbocycles. The van der Waals surface area contributed by atoms with Gasteiger partial charge in [-0.15, -0.1) is 0 Å². The quantitative estimate of drug-likeness (QED) is 0.275. The zero-order valence-electron chi connectivity index (χ0n) is 19.7. The number of rotatable bonds is 8. The lowest BCUT2D eigenvalue weighted by Gasteiger charge is -2.18. The van der Waals surface area contributed by atoms with E-state index in [-0.39, 0.29) is 11.5 Å². The number of carbonyl (C=O) groups is 1. The number of imidazole rings is 1. The molecule has 182 valence electrons. The van der Waals surface area contributed by atoms with E-state index in [1.165, 1.54) is 0 Å². The number of aromatic nitrogens is 4. The number of aromatic amines is 2. The predicted molar refractivity (Wildman–Crippen MR) is 134 cm³/mol. The zero-order chi connectivity index (χ0) is 25.2. The predicted octanol–water partition coefficient (Wildman–Crippen LogP) is 5.21. The Morgan fingerprint density at radius 2 is 1.83 bits per heavy atom. The number of aromatic carboxylic acids is 1. The Morgan fingerprint density at radius 1 is 1.03 bits per heavy atom. The number of fused-ring (bicyclic) bond motifs is 1. The minimum Gasteiger partial charge on any atom is -0.493 e. The van der Waals surface area contributed by atoms with Gasteiger partial charge in [0.1, 0.15) is 11.6 Å². The van der Waals surface area contributed by atoms with E-state index in [4.69, 9.17) is 14.2 Å². The summed E-state index contributed by atoms with van der Waals surface area (Å²) in [5, 5.41) is 12.1. The first-order chi connectivity index (χ1) is 17.5. The number of hydrogen-bond acceptors (Lipinski definition) is 6. The standard InChI is InChI=1S/C27H24N4O5/c1-3-16(24-28-21-11-7-10-20(26(32)33)23(21)29-24)15-12-13-18(22(14-15)35-4-2)17-8-5-6-9-19(17)25-30-27(34)36-31-25/h5-14,16H,3-4H2,1-2H3,(H,28,29)(H,32,33)(H,30,31,34). The SMILES string of the molecule is CCOc1cc(C(CC)c2nc3cccc(C(=O)O)c3[nH]2)ccc1-c1ccccc1-c1nc(=O)o[nH]1. The van der Waals surface area contributed by atoms with Gasteiger partial charge in [0.2, 0.25) is 0 Å². The molecule has 0 saturated heterocycles. The van der Waals surface area contributed by atoms with Crippen molar-refractivity contribution in [3.63, 3.8) is 0 Å². The third-order valence-electron chi connectivity index (χ3n) is 6.12. The van der Waals surface area contributed by atoms with Gasteiger partial charge in [0, 0.05) is 17.0 Å². The van der Waals surface area contributed by atoms with Gasteiger partial charge in [-0.25, -0.2) is 14.6 Å². The van der Waals surface area contributed by atoms with Gasteiger partial charge in [0.15, 0.2) is 5.82 Å². The van der Waals surface area contributed by atoms with Crippen LogP contribution in [0.15, 0.2) is 70.0 Å². The van der Waals surface area contributed by atoms with E-state index in [2.05, 4.69) is 22.0 Å². The molecule has 0 aliphatic carbocycles. The van der Waals surface area contributed by atoms with Crippen LogP contribution in [0.4, 0.5) is 0 Å². The molecule has 0 fully saturated rings. The van der Waals surface area contributed by atoms with Crippen molar-refractivity contribution >= 4 is 17.0 Å². The molecule has 0 bridgehead atoms. The number of carboxylic acids is 1. The summed E-state index contributed by atoms with van der Waals surface area (Å²) >= 11 is 0. The zero-order valence-corrected chi connectivity index (χ0v) is 19.7. The highest BCUT2D eigenvalue weighted by atomic mass is 16.5. The number of H-pyrrole nitrogens is 2. The highest BCUT2D eigenvalue weighted by Gasteiger charge is 2.22. The number of benzene rings is 3. The molecule has 0 spiro atoms. The highest BCUT2D eigenvalue weighted by Crippen LogP contribution is 2.39. The molecule has 1 unspecified atom stereocenters. The van der Waals surface area contributed by atoms with Crippen molar-refractivity contribution in [2.45, 2.75) is 26.2 Å². The Kier molecular flexibility index (Phi) is 6.12. The van der Waals surface area contributed by atoms with Gasteiger partial charge < -0.3 is 19.4 Å². The van der Waals surface area contributed by atoms with Crippen LogP contribution in [-0.2, 0) is 0 Å². The number of hydrogen-bond donors (Lipinski definition) is 3. The maximum atomic E-state index is 11.7. The van der Waals surface area contributed by atoms with Crippen LogP contribution in [0.5, 0.6) is 5.75 Å². The fraction of sp³-hybridized carbons (Fsp3) is 0.185. The van der Waals surface area contributed by atoms with Crippen molar-refractivity contribution < 1.29 is 19.2 Å². The van der Waals surface area contributed by atoms with E-state index >= 15 is 0 Å². The van der Waals surface area contributed by atoms with Crippen molar-refractivity contribution in [2.24, 2.45) is 0 Å². The summed E-state index contributed by atoms with van der Waals surface area (Å²) in [4.78, 5) is 35.0. The van der Waals surface area contributed by atoms with Crippen molar-refractivity contribution in [3.05, 3.63) is 88.2 Å². The second-order valence-corrected chi connectivity index (χ2v) is 8.25. The molecule has 36 heavy (non-hydrogen) atoms. The van der Waals surface area contributed by atoms with Crippen LogP contribution in [0.25, 0.3) is 33.5 Å². The highest BCUT2D eigenvalue weighted by molar-refractivity contribution is 6.00. The number of para-hydroxylation sites is 1. The smallest absolute Gasteiger partial charge is 0.460 e. The average molecular weight is 485 g/mol. The first kappa shape index (κ1) is 23.1. The fourth-order valence-corrected chi connectivity index (χ4v) is 4.50. The summed E-state index contributed by atoms with van der Waals surface area (Å²) < 4.78 is 10.8. The molecule has 9 nitrogen and oxygen atoms in total. The van der Waals surface area contributed by atoms with Gasteiger partial charge in [-0.3, -0.25) is 0 Å². The molecule has 3 N–H and O–H groups in total. The molecule has 0 radical (unpaired) electrons. The van der Waals surface area contributed by atoms with Crippen LogP contribution in [0.3, 0.4) is 0 Å². The number of nitrogens with zero attached hydrogens (tertiary/aromatic N) is 2. The Labute approximate surface area is 205 Å². The van der Waals surface area contributed by atoms with E-state index < -0.39 is 11.7 Å². The van der Waals surface area contributed by atoms with Gasteiger partial charge in [-0.1, -0.05) is 49.4 Å². The third-order valence-corrected chi connectivity index (χ3v) is 6.12. The molecule has 1 atom stereocenters. The number of nitrogens with one attached hydrogen (secondary N) is 2. The Bertz CT molecular complexity index is 1610. The van der Waals surface area contributed by atoms with Gasteiger partial charge in [-0.2, -0.15) is 10.1 Å². The molecule has 5 aromatic rings. The van der Waals surface area contributed by atoms with Crippen molar-refractivity contribution in [3.8, 4) is 28.3 Å². The molecular weight excluding hydrogens is 460 g/mol. The summed E-state index contributed by atoms with van der Waals surface area (Å²) in [6.07, 6.45) is 0.740. The van der Waals surface area contributed by atoms with E-state index in [9.17, 15) is 14.7 Å². The average Bonchev–Trinajstić information content (AvgIpc) is 3.51. The van der Waals surface area contributed by atoms with Crippen LogP contribution in [-0.4, -0.2) is 37.8 Å². The van der Waals surface area contributed by atoms with Crippen LogP contribution < -0.4 is 10.5 Å². The van der Waals surface area contributed by atoms with Gasteiger partial charge >= 0.3 is 11.7 Å². The molecule has 0 saturated carbocycles. The van der Waals surface area contributed by atoms with Crippen LogP contribution in [0.2, 0.25) is 0 Å². The Morgan fingerprint density at radius 3 is 2.53 bits per heavy atom. The molecule has 9 heteroatoms. The van der Waals surface area contributed by atoms with E-state index in [0.29, 0.717) is 40.6 Å². The first-order valence-electron chi connectivity index (χ1n) is 11.6. The van der Waals surface area contributed by atoms with Gasteiger partial charge in [0.25, 0.3) is 0 Å². The van der Waals surface area contributed by atoms with E-state index in [1.54, 1.807) is 18.2 Å². The lowest BCUT2D eigenvalue weighted by Crippen LogP contribution is -2.04.